The van der Waals surface area contributed by atoms with Gasteiger partial charge in [0.05, 0.1) is 12.8 Å². The highest BCUT2D eigenvalue weighted by molar-refractivity contribution is 5.58. The number of benzene rings is 2. The number of oxime groups is 1. The van der Waals surface area contributed by atoms with E-state index in [0.29, 0.717) is 19.8 Å². The van der Waals surface area contributed by atoms with Gasteiger partial charge in [-0.25, -0.2) is 0 Å². The van der Waals surface area contributed by atoms with Crippen molar-refractivity contribution in [1.82, 2.24) is 0 Å². The van der Waals surface area contributed by atoms with Crippen molar-refractivity contribution in [2.45, 2.75) is 27.2 Å². The lowest BCUT2D eigenvalue weighted by molar-refractivity contribution is 0.212. The summed E-state index contributed by atoms with van der Waals surface area (Å²) in [4.78, 5) is 4.61. The Morgan fingerprint density at radius 3 is 2.39 bits per heavy atom. The summed E-state index contributed by atoms with van der Waals surface area (Å²) in [5.74, 6) is 2.58. The number of hydrogen-bond donors (Lipinski definition) is 0. The minimum absolute atomic E-state index is 0.370. The third kappa shape index (κ3) is 6.99. The molecule has 5 nitrogen and oxygen atoms in total. The van der Waals surface area contributed by atoms with E-state index in [-0.39, 0.29) is 0 Å². The molecular weight excluding hydrogens is 354 g/mol. The maximum absolute atomic E-state index is 6.06. The highest BCUT2D eigenvalue weighted by atomic mass is 16.6. The van der Waals surface area contributed by atoms with E-state index in [0.717, 1.165) is 40.4 Å². The monoisotopic (exact) mass is 383 g/mol. The lowest BCUT2D eigenvalue weighted by Crippen LogP contribution is -2.05. The second-order valence-corrected chi connectivity index (χ2v) is 6.29. The van der Waals surface area contributed by atoms with Crippen molar-refractivity contribution in [2.24, 2.45) is 5.16 Å². The number of nitrogens with zero attached hydrogens (tertiary/aromatic N) is 1. The van der Waals surface area contributed by atoms with Gasteiger partial charge in [0.15, 0.2) is 0 Å². The number of rotatable bonds is 11. The highest BCUT2D eigenvalue weighted by Crippen LogP contribution is 2.28. The molecule has 0 aliphatic heterocycles. The standard InChI is InChI=1S/C23H29NO4/c1-5-6-12-26-22-15-18(2)23(19(3)16-22)28-13-10-20-8-7-9-21(17-20)27-14-11-24-25-4/h5-9,11,15-17H,10,12-14H2,1-4H3/b6-5+,24-11?. The molecule has 0 N–H and O–H groups in total. The zero-order valence-electron chi connectivity index (χ0n) is 17.1. The first kappa shape index (κ1) is 21.4. The van der Waals surface area contributed by atoms with Gasteiger partial charge in [0.2, 0.25) is 0 Å². The molecule has 28 heavy (non-hydrogen) atoms. The van der Waals surface area contributed by atoms with E-state index in [9.17, 15) is 0 Å². The molecule has 0 fully saturated rings. The first-order valence-corrected chi connectivity index (χ1v) is 9.38. The zero-order valence-corrected chi connectivity index (χ0v) is 17.1. The molecule has 0 atom stereocenters. The third-order valence-electron chi connectivity index (χ3n) is 4.06. The molecule has 0 radical (unpaired) electrons. The summed E-state index contributed by atoms with van der Waals surface area (Å²) < 4.78 is 17.4. The fourth-order valence-corrected chi connectivity index (χ4v) is 2.76. The summed E-state index contributed by atoms with van der Waals surface area (Å²) in [7, 11) is 1.50. The second-order valence-electron chi connectivity index (χ2n) is 6.29. The van der Waals surface area contributed by atoms with Crippen molar-refractivity contribution in [2.75, 3.05) is 26.9 Å². The van der Waals surface area contributed by atoms with E-state index in [1.165, 1.54) is 7.11 Å². The van der Waals surface area contributed by atoms with Crippen molar-refractivity contribution in [3.63, 3.8) is 0 Å². The van der Waals surface area contributed by atoms with E-state index in [1.807, 2.05) is 63.3 Å². The molecule has 2 rings (SSSR count). The minimum atomic E-state index is 0.370. The van der Waals surface area contributed by atoms with Gasteiger partial charge in [-0.15, -0.1) is 0 Å². The van der Waals surface area contributed by atoms with Gasteiger partial charge in [0, 0.05) is 6.42 Å². The molecule has 0 aromatic heterocycles. The van der Waals surface area contributed by atoms with E-state index < -0.39 is 0 Å². The quantitative estimate of drug-likeness (QED) is 0.315. The van der Waals surface area contributed by atoms with Gasteiger partial charge in [0.25, 0.3) is 0 Å². The van der Waals surface area contributed by atoms with Crippen LogP contribution in [0.15, 0.2) is 53.7 Å². The Balaban J connectivity index is 1.89. The number of hydrogen-bond acceptors (Lipinski definition) is 5. The second kappa shape index (κ2) is 11.7. The summed E-state index contributed by atoms with van der Waals surface area (Å²) in [6, 6.07) is 12.0. The molecule has 0 saturated heterocycles. The Hall–Kier alpha value is -2.95. The van der Waals surface area contributed by atoms with E-state index in [4.69, 9.17) is 14.2 Å². The van der Waals surface area contributed by atoms with Crippen LogP contribution in [0.4, 0.5) is 0 Å². The predicted molar refractivity (Wildman–Crippen MR) is 113 cm³/mol. The largest absolute Gasteiger partial charge is 0.493 e. The molecule has 0 saturated carbocycles. The van der Waals surface area contributed by atoms with Crippen LogP contribution in [0.1, 0.15) is 23.6 Å². The van der Waals surface area contributed by atoms with Crippen LogP contribution in [-0.2, 0) is 11.3 Å². The Bertz CT molecular complexity index is 776. The summed E-state index contributed by atoms with van der Waals surface area (Å²) in [5.41, 5.74) is 3.30. The Kier molecular flexibility index (Phi) is 8.92. The molecule has 0 amide bonds. The Morgan fingerprint density at radius 1 is 0.929 bits per heavy atom. The molecule has 0 bridgehead atoms. The van der Waals surface area contributed by atoms with Crippen LogP contribution in [-0.4, -0.2) is 33.1 Å². The molecule has 0 heterocycles. The predicted octanol–water partition coefficient (Wildman–Crippen LogP) is 4.89. The van der Waals surface area contributed by atoms with Crippen molar-refractivity contribution in [1.29, 1.82) is 0 Å². The topological polar surface area (TPSA) is 49.3 Å². The van der Waals surface area contributed by atoms with Crippen molar-refractivity contribution >= 4 is 6.21 Å². The molecule has 0 unspecified atom stereocenters. The maximum Gasteiger partial charge on any atom is 0.127 e. The fraction of sp³-hybridized carbons (Fsp3) is 0.348. The van der Waals surface area contributed by atoms with Crippen molar-refractivity contribution < 1.29 is 19.0 Å². The smallest absolute Gasteiger partial charge is 0.127 e. The van der Waals surface area contributed by atoms with Crippen LogP contribution >= 0.6 is 0 Å². The molecule has 0 aliphatic rings. The molecular formula is C23H29NO4. The number of ether oxygens (including phenoxy) is 3. The third-order valence-corrected chi connectivity index (χ3v) is 4.06. The van der Waals surface area contributed by atoms with Crippen LogP contribution in [0.3, 0.4) is 0 Å². The lowest BCUT2D eigenvalue weighted by atomic mass is 10.1. The number of aryl methyl sites for hydroxylation is 2. The van der Waals surface area contributed by atoms with Crippen LogP contribution in [0.5, 0.6) is 17.2 Å². The first-order valence-electron chi connectivity index (χ1n) is 9.38. The molecule has 150 valence electrons. The summed E-state index contributed by atoms with van der Waals surface area (Å²) in [6.45, 7) is 7.60. The maximum atomic E-state index is 6.06. The van der Waals surface area contributed by atoms with Crippen molar-refractivity contribution in [3.8, 4) is 17.2 Å². The van der Waals surface area contributed by atoms with Crippen LogP contribution in [0.25, 0.3) is 0 Å². The summed E-state index contributed by atoms with van der Waals surface area (Å²) >= 11 is 0. The average Bonchev–Trinajstić information content (AvgIpc) is 2.68. The van der Waals surface area contributed by atoms with Crippen molar-refractivity contribution in [3.05, 3.63) is 65.2 Å². The normalized spacial score (nSPS) is 11.1. The van der Waals surface area contributed by atoms with Gasteiger partial charge in [-0.2, -0.15) is 0 Å². The zero-order chi connectivity index (χ0) is 20.2. The Labute approximate surface area is 167 Å². The highest BCUT2D eigenvalue weighted by Gasteiger charge is 2.08. The van der Waals surface area contributed by atoms with Gasteiger partial charge >= 0.3 is 0 Å². The molecule has 5 heteroatoms. The molecule has 0 aliphatic carbocycles. The molecule has 2 aromatic carbocycles. The fourth-order valence-electron chi connectivity index (χ4n) is 2.76. The van der Waals surface area contributed by atoms with Gasteiger partial charge in [-0.3, -0.25) is 0 Å². The molecule has 2 aromatic rings. The SMILES string of the molecule is C/C=C/COc1cc(C)c(OCCc2cccc(OCC=NOC)c2)c(C)c1. The average molecular weight is 383 g/mol. The summed E-state index contributed by atoms with van der Waals surface area (Å²) in [6.07, 6.45) is 6.33. The van der Waals surface area contributed by atoms with Crippen LogP contribution in [0.2, 0.25) is 0 Å². The van der Waals surface area contributed by atoms with E-state index >= 15 is 0 Å². The van der Waals surface area contributed by atoms with E-state index in [1.54, 1.807) is 6.21 Å². The minimum Gasteiger partial charge on any atom is -0.493 e. The van der Waals surface area contributed by atoms with Gasteiger partial charge < -0.3 is 19.0 Å². The number of allylic oxidation sites excluding steroid dienone is 1. The summed E-state index contributed by atoms with van der Waals surface area (Å²) in [5, 5.41) is 3.65. The van der Waals surface area contributed by atoms with E-state index in [2.05, 4.69) is 16.1 Å². The van der Waals surface area contributed by atoms with Gasteiger partial charge in [-0.1, -0.05) is 29.4 Å². The first-order chi connectivity index (χ1) is 13.6. The van der Waals surface area contributed by atoms with Gasteiger partial charge in [-0.05, 0) is 61.7 Å². The van der Waals surface area contributed by atoms with Gasteiger partial charge in [0.1, 0.15) is 37.6 Å². The van der Waals surface area contributed by atoms with Crippen LogP contribution in [0, 0.1) is 13.8 Å². The van der Waals surface area contributed by atoms with Crippen LogP contribution < -0.4 is 14.2 Å². The molecule has 0 spiro atoms. The Morgan fingerprint density at radius 2 is 1.68 bits per heavy atom. The lowest BCUT2D eigenvalue weighted by Gasteiger charge is -2.14.